The van der Waals surface area contributed by atoms with Crippen molar-refractivity contribution in [2.45, 2.75) is 17.5 Å². The van der Waals surface area contributed by atoms with E-state index in [0.717, 1.165) is 22.4 Å². The molecule has 0 saturated carbocycles. The molecule has 0 spiro atoms. The number of nitrogens with one attached hydrogen (secondary N) is 1. The topological polar surface area (TPSA) is 85.6 Å². The summed E-state index contributed by atoms with van der Waals surface area (Å²) in [6.45, 7) is 0.442. The van der Waals surface area contributed by atoms with Gasteiger partial charge in [0.1, 0.15) is 5.82 Å². The molecule has 1 amide bonds. The lowest BCUT2D eigenvalue weighted by atomic mass is 10.1. The third kappa shape index (κ3) is 5.47. The van der Waals surface area contributed by atoms with Gasteiger partial charge >= 0.3 is 0 Å². The van der Waals surface area contributed by atoms with Crippen molar-refractivity contribution in [3.8, 4) is 17.1 Å². The van der Waals surface area contributed by atoms with Crippen molar-refractivity contribution in [3.63, 3.8) is 0 Å². The second-order valence-electron chi connectivity index (χ2n) is 7.88. The number of rotatable bonds is 8. The second-order valence-corrected chi connectivity index (χ2v) is 8.82. The predicted molar refractivity (Wildman–Crippen MR) is 136 cm³/mol. The second kappa shape index (κ2) is 10.9. The molecule has 3 aromatic heterocycles. The minimum atomic E-state index is -0.309. The molecule has 2 aromatic carbocycles. The van der Waals surface area contributed by atoms with Crippen LogP contribution in [0.25, 0.3) is 17.1 Å². The van der Waals surface area contributed by atoms with E-state index < -0.39 is 0 Å². The molecule has 5 aromatic rings. The maximum absolute atomic E-state index is 13.6. The van der Waals surface area contributed by atoms with Crippen LogP contribution in [0.2, 0.25) is 0 Å². The Hall–Kier alpha value is -4.37. The number of pyridine rings is 2. The Bertz CT molecular complexity index is 1440. The van der Waals surface area contributed by atoms with Gasteiger partial charge in [-0.2, -0.15) is 0 Å². The Kier molecular flexibility index (Phi) is 7.09. The van der Waals surface area contributed by atoms with Crippen molar-refractivity contribution in [2.75, 3.05) is 0 Å². The largest absolute Gasteiger partial charge is 0.348 e. The zero-order valence-corrected chi connectivity index (χ0v) is 19.9. The summed E-state index contributed by atoms with van der Waals surface area (Å²) in [5.74, 6) is 0.822. The van der Waals surface area contributed by atoms with Gasteiger partial charge in [-0.3, -0.25) is 19.3 Å². The van der Waals surface area contributed by atoms with Gasteiger partial charge in [0.2, 0.25) is 0 Å². The molecule has 3 heterocycles. The van der Waals surface area contributed by atoms with Crippen molar-refractivity contribution in [2.24, 2.45) is 0 Å². The number of hydrogen-bond donors (Lipinski definition) is 1. The van der Waals surface area contributed by atoms with Crippen molar-refractivity contribution in [1.29, 1.82) is 0 Å². The van der Waals surface area contributed by atoms with Crippen molar-refractivity contribution in [3.05, 3.63) is 120 Å². The molecule has 178 valence electrons. The first kappa shape index (κ1) is 23.4. The maximum atomic E-state index is 13.6. The smallest absolute Gasteiger partial charge is 0.251 e. The Balaban J connectivity index is 1.30. The van der Waals surface area contributed by atoms with Crippen LogP contribution in [0, 0.1) is 5.82 Å². The molecule has 0 aliphatic carbocycles. The number of benzene rings is 2. The first-order valence-corrected chi connectivity index (χ1v) is 12.2. The van der Waals surface area contributed by atoms with Crippen LogP contribution in [0.5, 0.6) is 0 Å². The Morgan fingerprint density at radius 1 is 0.806 bits per heavy atom. The molecule has 7 nitrogen and oxygen atoms in total. The standard InChI is InChI=1S/C27H21FN6OS/c28-23-5-7-24(8-6-23)34-25(21-11-15-30-16-12-21)32-33-27(34)36-18-20-1-3-22(4-2-20)26(35)31-17-19-9-13-29-14-10-19/h1-16H,17-18H2,(H,31,35). The predicted octanol–water partition coefficient (Wildman–Crippen LogP) is 5.09. The summed E-state index contributed by atoms with van der Waals surface area (Å²) in [7, 11) is 0. The van der Waals surface area contributed by atoms with E-state index in [1.54, 1.807) is 36.9 Å². The Morgan fingerprint density at radius 2 is 1.47 bits per heavy atom. The number of carbonyl (C=O) groups excluding carboxylic acids is 1. The molecule has 0 unspecified atom stereocenters. The SMILES string of the molecule is O=C(NCc1ccncc1)c1ccc(CSc2nnc(-c3ccncc3)n2-c2ccc(F)cc2)cc1. The van der Waals surface area contributed by atoms with Crippen LogP contribution in [-0.4, -0.2) is 30.6 Å². The van der Waals surface area contributed by atoms with Gasteiger partial charge in [-0.25, -0.2) is 4.39 Å². The molecule has 0 saturated heterocycles. The van der Waals surface area contributed by atoms with E-state index in [9.17, 15) is 9.18 Å². The van der Waals surface area contributed by atoms with Crippen molar-refractivity contribution < 1.29 is 9.18 Å². The highest BCUT2D eigenvalue weighted by molar-refractivity contribution is 7.98. The van der Waals surface area contributed by atoms with Crippen LogP contribution in [-0.2, 0) is 12.3 Å². The van der Waals surface area contributed by atoms with Gasteiger partial charge in [0.25, 0.3) is 5.91 Å². The number of hydrogen-bond acceptors (Lipinski definition) is 6. The van der Waals surface area contributed by atoms with Gasteiger partial charge in [-0.05, 0) is 71.8 Å². The summed E-state index contributed by atoms with van der Waals surface area (Å²) < 4.78 is 15.5. The third-order valence-corrected chi connectivity index (χ3v) is 6.44. The van der Waals surface area contributed by atoms with E-state index in [1.807, 2.05) is 53.1 Å². The average molecular weight is 497 g/mol. The van der Waals surface area contributed by atoms with Gasteiger partial charge in [0.05, 0.1) is 0 Å². The average Bonchev–Trinajstić information content (AvgIpc) is 3.36. The molecule has 0 atom stereocenters. The Morgan fingerprint density at radius 3 is 2.17 bits per heavy atom. The van der Waals surface area contributed by atoms with E-state index in [1.165, 1.54) is 23.9 Å². The van der Waals surface area contributed by atoms with Crippen LogP contribution >= 0.6 is 11.8 Å². The molecule has 9 heteroatoms. The molecule has 1 N–H and O–H groups in total. The van der Waals surface area contributed by atoms with E-state index in [4.69, 9.17) is 0 Å². The number of carbonyl (C=O) groups is 1. The zero-order chi connectivity index (χ0) is 24.7. The quantitative estimate of drug-likeness (QED) is 0.301. The molecular weight excluding hydrogens is 475 g/mol. The minimum Gasteiger partial charge on any atom is -0.348 e. The number of amides is 1. The van der Waals surface area contributed by atoms with E-state index in [0.29, 0.717) is 28.8 Å². The van der Waals surface area contributed by atoms with E-state index in [-0.39, 0.29) is 11.7 Å². The van der Waals surface area contributed by atoms with Crippen molar-refractivity contribution in [1.82, 2.24) is 30.0 Å². The van der Waals surface area contributed by atoms with E-state index >= 15 is 0 Å². The molecule has 0 aliphatic rings. The maximum Gasteiger partial charge on any atom is 0.251 e. The summed E-state index contributed by atoms with van der Waals surface area (Å²) in [5, 5.41) is 12.4. The molecule has 5 rings (SSSR count). The first-order valence-electron chi connectivity index (χ1n) is 11.2. The van der Waals surface area contributed by atoms with Gasteiger partial charge in [0, 0.05) is 53.9 Å². The van der Waals surface area contributed by atoms with Crippen molar-refractivity contribution >= 4 is 17.7 Å². The first-order chi connectivity index (χ1) is 17.7. The number of halogens is 1. The van der Waals surface area contributed by atoms with Gasteiger partial charge in [-0.15, -0.1) is 10.2 Å². The number of thioether (sulfide) groups is 1. The lowest BCUT2D eigenvalue weighted by molar-refractivity contribution is 0.0951. The van der Waals surface area contributed by atoms with Gasteiger partial charge in [0.15, 0.2) is 11.0 Å². The highest BCUT2D eigenvalue weighted by Gasteiger charge is 2.16. The summed E-state index contributed by atoms with van der Waals surface area (Å²) in [5.41, 5.74) is 4.23. The normalized spacial score (nSPS) is 10.8. The lowest BCUT2D eigenvalue weighted by Gasteiger charge is -2.10. The molecule has 0 bridgehead atoms. The summed E-state index contributed by atoms with van der Waals surface area (Å²) >= 11 is 1.51. The van der Waals surface area contributed by atoms with Gasteiger partial charge in [-0.1, -0.05) is 23.9 Å². The fourth-order valence-corrected chi connectivity index (χ4v) is 4.47. The van der Waals surface area contributed by atoms with Crippen LogP contribution < -0.4 is 5.32 Å². The van der Waals surface area contributed by atoms with Crippen LogP contribution in [0.15, 0.2) is 103 Å². The fourth-order valence-electron chi connectivity index (χ4n) is 3.56. The highest BCUT2D eigenvalue weighted by Crippen LogP contribution is 2.29. The highest BCUT2D eigenvalue weighted by atomic mass is 32.2. The zero-order valence-electron chi connectivity index (χ0n) is 19.1. The molecule has 0 fully saturated rings. The molecule has 0 radical (unpaired) electrons. The van der Waals surface area contributed by atoms with Crippen LogP contribution in [0.1, 0.15) is 21.5 Å². The molecule has 0 aliphatic heterocycles. The number of nitrogens with zero attached hydrogens (tertiary/aromatic N) is 5. The Labute approximate surface area is 211 Å². The summed E-state index contributed by atoms with van der Waals surface area (Å²) in [4.78, 5) is 20.5. The minimum absolute atomic E-state index is 0.135. The summed E-state index contributed by atoms with van der Waals surface area (Å²) in [6.07, 6.45) is 6.79. The van der Waals surface area contributed by atoms with Crippen LogP contribution in [0.3, 0.4) is 0 Å². The monoisotopic (exact) mass is 496 g/mol. The van der Waals surface area contributed by atoms with Gasteiger partial charge < -0.3 is 5.32 Å². The lowest BCUT2D eigenvalue weighted by Crippen LogP contribution is -2.22. The summed E-state index contributed by atoms with van der Waals surface area (Å²) in [6, 6.07) is 21.2. The third-order valence-electron chi connectivity index (χ3n) is 5.44. The molecular formula is C27H21FN6OS. The van der Waals surface area contributed by atoms with E-state index in [2.05, 4.69) is 25.5 Å². The fraction of sp³-hybridized carbons (Fsp3) is 0.0741. The molecule has 36 heavy (non-hydrogen) atoms. The number of aromatic nitrogens is 5. The van der Waals surface area contributed by atoms with Crippen LogP contribution in [0.4, 0.5) is 4.39 Å².